The van der Waals surface area contributed by atoms with Crippen LogP contribution in [-0.4, -0.2) is 66.8 Å². The van der Waals surface area contributed by atoms with Gasteiger partial charge in [0.25, 0.3) is 17.7 Å². The van der Waals surface area contributed by atoms with Gasteiger partial charge in [0.1, 0.15) is 0 Å². The molecule has 0 spiro atoms. The van der Waals surface area contributed by atoms with Crippen molar-refractivity contribution in [2.45, 2.75) is 33.6 Å². The summed E-state index contributed by atoms with van der Waals surface area (Å²) in [5.41, 5.74) is 1.25. The Labute approximate surface area is 205 Å². The number of nitrogens with zero attached hydrogens (tertiary/aromatic N) is 2. The number of ether oxygens (including phenoxy) is 2. The van der Waals surface area contributed by atoms with E-state index in [0.717, 1.165) is 12.8 Å². The highest BCUT2D eigenvalue weighted by atomic mass is 16.5. The average Bonchev–Trinajstić information content (AvgIpc) is 3.07. The molecule has 186 valence electrons. The maximum Gasteiger partial charge on any atom is 0.261 e. The first-order valence-corrected chi connectivity index (χ1v) is 11.8. The standard InChI is InChI=1S/C26H31N3O6/c1-5-8-13-29-25(32)19-11-9-17(14-20(19)26(29)33)24(31)28(4)16-23(30)27-18-10-12-21(34-6-2)22(15-18)35-7-3/h9-12,14-15H,5-8,13,16H2,1-4H3,(H,27,30). The van der Waals surface area contributed by atoms with Gasteiger partial charge >= 0.3 is 0 Å². The van der Waals surface area contributed by atoms with Crippen LogP contribution in [0, 0.1) is 0 Å². The molecule has 0 atom stereocenters. The van der Waals surface area contributed by atoms with Crippen LogP contribution >= 0.6 is 0 Å². The van der Waals surface area contributed by atoms with E-state index in [9.17, 15) is 19.2 Å². The highest BCUT2D eigenvalue weighted by Gasteiger charge is 2.35. The summed E-state index contributed by atoms with van der Waals surface area (Å²) < 4.78 is 11.1. The van der Waals surface area contributed by atoms with Crippen LogP contribution in [0.2, 0.25) is 0 Å². The van der Waals surface area contributed by atoms with Gasteiger partial charge in [-0.2, -0.15) is 0 Å². The van der Waals surface area contributed by atoms with E-state index in [1.165, 1.54) is 35.0 Å². The summed E-state index contributed by atoms with van der Waals surface area (Å²) in [6.07, 6.45) is 1.57. The Kier molecular flexibility index (Phi) is 8.46. The zero-order valence-electron chi connectivity index (χ0n) is 20.6. The van der Waals surface area contributed by atoms with Crippen molar-refractivity contribution in [2.75, 3.05) is 38.7 Å². The number of rotatable bonds is 11. The summed E-state index contributed by atoms with van der Waals surface area (Å²) in [7, 11) is 1.50. The fourth-order valence-electron chi connectivity index (χ4n) is 3.78. The molecule has 1 N–H and O–H groups in total. The fourth-order valence-corrected chi connectivity index (χ4v) is 3.78. The molecule has 0 aliphatic carbocycles. The normalized spacial score (nSPS) is 12.4. The van der Waals surface area contributed by atoms with Gasteiger partial charge in [0.05, 0.1) is 30.9 Å². The van der Waals surface area contributed by atoms with Crippen LogP contribution in [0.15, 0.2) is 36.4 Å². The van der Waals surface area contributed by atoms with E-state index in [0.29, 0.717) is 42.5 Å². The molecule has 35 heavy (non-hydrogen) atoms. The molecular formula is C26H31N3O6. The van der Waals surface area contributed by atoms with E-state index in [1.807, 2.05) is 20.8 Å². The maximum absolute atomic E-state index is 12.9. The molecule has 0 radical (unpaired) electrons. The van der Waals surface area contributed by atoms with E-state index in [1.54, 1.807) is 18.2 Å². The molecule has 2 aromatic rings. The zero-order chi connectivity index (χ0) is 25.5. The largest absolute Gasteiger partial charge is 0.490 e. The minimum atomic E-state index is -0.433. The molecule has 0 aromatic heterocycles. The Morgan fingerprint density at radius 1 is 0.914 bits per heavy atom. The van der Waals surface area contributed by atoms with Gasteiger partial charge in [-0.1, -0.05) is 13.3 Å². The Hall–Kier alpha value is -3.88. The van der Waals surface area contributed by atoms with Crippen molar-refractivity contribution in [1.29, 1.82) is 0 Å². The quantitative estimate of drug-likeness (QED) is 0.492. The summed E-state index contributed by atoms with van der Waals surface area (Å²) in [4.78, 5) is 53.2. The van der Waals surface area contributed by atoms with Gasteiger partial charge in [0.2, 0.25) is 5.91 Å². The highest BCUT2D eigenvalue weighted by molar-refractivity contribution is 6.22. The molecule has 3 rings (SSSR count). The predicted octanol–water partition coefficient (Wildman–Crippen LogP) is 3.59. The van der Waals surface area contributed by atoms with Gasteiger partial charge in [-0.15, -0.1) is 0 Å². The van der Waals surface area contributed by atoms with E-state index >= 15 is 0 Å². The molecule has 0 fully saturated rings. The smallest absolute Gasteiger partial charge is 0.261 e. The Morgan fingerprint density at radius 2 is 1.60 bits per heavy atom. The molecule has 9 heteroatoms. The number of anilines is 1. The molecule has 1 heterocycles. The fraction of sp³-hybridized carbons (Fsp3) is 0.385. The number of unbranched alkanes of at least 4 members (excludes halogenated alkanes) is 1. The van der Waals surface area contributed by atoms with Gasteiger partial charge in [-0.05, 0) is 50.6 Å². The lowest BCUT2D eigenvalue weighted by atomic mass is 10.0. The van der Waals surface area contributed by atoms with Gasteiger partial charge in [0, 0.05) is 30.9 Å². The number of imide groups is 1. The molecule has 9 nitrogen and oxygen atoms in total. The second kappa shape index (κ2) is 11.5. The summed E-state index contributed by atoms with van der Waals surface area (Å²) >= 11 is 0. The maximum atomic E-state index is 12.9. The van der Waals surface area contributed by atoms with E-state index in [2.05, 4.69) is 5.32 Å². The zero-order valence-corrected chi connectivity index (χ0v) is 20.6. The summed E-state index contributed by atoms with van der Waals surface area (Å²) in [6.45, 7) is 6.78. The van der Waals surface area contributed by atoms with Crippen molar-refractivity contribution < 1.29 is 28.7 Å². The molecule has 4 amide bonds. The van der Waals surface area contributed by atoms with Crippen molar-refractivity contribution in [3.05, 3.63) is 53.1 Å². The summed E-state index contributed by atoms with van der Waals surface area (Å²) in [5, 5.41) is 2.75. The Morgan fingerprint density at radius 3 is 2.29 bits per heavy atom. The average molecular weight is 482 g/mol. The van der Waals surface area contributed by atoms with Gasteiger partial charge < -0.3 is 19.7 Å². The molecule has 0 saturated carbocycles. The first-order valence-electron chi connectivity index (χ1n) is 11.8. The van der Waals surface area contributed by atoms with Crippen molar-refractivity contribution in [3.63, 3.8) is 0 Å². The van der Waals surface area contributed by atoms with E-state index in [4.69, 9.17) is 9.47 Å². The van der Waals surface area contributed by atoms with Gasteiger partial charge in [-0.3, -0.25) is 24.1 Å². The van der Waals surface area contributed by atoms with Crippen LogP contribution in [0.5, 0.6) is 11.5 Å². The highest BCUT2D eigenvalue weighted by Crippen LogP contribution is 2.30. The van der Waals surface area contributed by atoms with Crippen molar-refractivity contribution in [1.82, 2.24) is 9.80 Å². The van der Waals surface area contributed by atoms with Gasteiger partial charge in [-0.25, -0.2) is 0 Å². The number of amides is 4. The number of carbonyl (C=O) groups excluding carboxylic acids is 4. The Balaban J connectivity index is 1.67. The van der Waals surface area contributed by atoms with Crippen LogP contribution < -0.4 is 14.8 Å². The third-order valence-corrected chi connectivity index (χ3v) is 5.51. The summed E-state index contributed by atoms with van der Waals surface area (Å²) in [6, 6.07) is 9.51. The number of benzene rings is 2. The second-order valence-electron chi connectivity index (χ2n) is 8.11. The van der Waals surface area contributed by atoms with Crippen molar-refractivity contribution in [3.8, 4) is 11.5 Å². The molecule has 1 aliphatic rings. The second-order valence-corrected chi connectivity index (χ2v) is 8.11. The minimum Gasteiger partial charge on any atom is -0.490 e. The number of nitrogens with one attached hydrogen (secondary N) is 1. The van der Waals surface area contributed by atoms with E-state index < -0.39 is 17.7 Å². The SMILES string of the molecule is CCCCN1C(=O)c2ccc(C(=O)N(C)CC(=O)Nc3ccc(OCC)c(OCC)c3)cc2C1=O. The molecule has 0 unspecified atom stereocenters. The van der Waals surface area contributed by atoms with Crippen LogP contribution in [-0.2, 0) is 4.79 Å². The lowest BCUT2D eigenvalue weighted by molar-refractivity contribution is -0.116. The number of hydrogen-bond donors (Lipinski definition) is 1. The van der Waals surface area contributed by atoms with Crippen LogP contribution in [0.1, 0.15) is 64.7 Å². The third kappa shape index (κ3) is 5.79. The van der Waals surface area contributed by atoms with Crippen molar-refractivity contribution >= 4 is 29.3 Å². The minimum absolute atomic E-state index is 0.206. The number of carbonyl (C=O) groups is 4. The first-order chi connectivity index (χ1) is 16.8. The van der Waals surface area contributed by atoms with Crippen LogP contribution in [0.3, 0.4) is 0 Å². The molecular weight excluding hydrogens is 450 g/mol. The first kappa shape index (κ1) is 25.7. The number of fused-ring (bicyclic) bond motifs is 1. The number of likely N-dealkylation sites (N-methyl/N-ethyl adjacent to an activating group) is 1. The predicted molar refractivity (Wildman–Crippen MR) is 131 cm³/mol. The van der Waals surface area contributed by atoms with E-state index in [-0.39, 0.29) is 23.6 Å². The Bertz CT molecular complexity index is 1130. The molecule has 0 saturated heterocycles. The lowest BCUT2D eigenvalue weighted by Crippen LogP contribution is -2.35. The molecule has 0 bridgehead atoms. The number of hydrogen-bond acceptors (Lipinski definition) is 6. The van der Waals surface area contributed by atoms with Gasteiger partial charge in [0.15, 0.2) is 11.5 Å². The van der Waals surface area contributed by atoms with Crippen LogP contribution in [0.4, 0.5) is 5.69 Å². The molecule has 1 aliphatic heterocycles. The molecule has 2 aromatic carbocycles. The van der Waals surface area contributed by atoms with Crippen LogP contribution in [0.25, 0.3) is 0 Å². The summed E-state index contributed by atoms with van der Waals surface area (Å²) in [5.74, 6) is -0.469. The third-order valence-electron chi connectivity index (χ3n) is 5.51. The topological polar surface area (TPSA) is 105 Å². The monoisotopic (exact) mass is 481 g/mol. The van der Waals surface area contributed by atoms with Crippen molar-refractivity contribution in [2.24, 2.45) is 0 Å². The lowest BCUT2D eigenvalue weighted by Gasteiger charge is -2.18.